The Morgan fingerprint density at radius 1 is 1.31 bits per heavy atom. The number of aliphatic hydroxyl groups excluding tert-OH is 1. The molecule has 0 rings (SSSR count). The Kier molecular flexibility index (Phi) is 5.21. The molecule has 16 heavy (non-hydrogen) atoms. The van der Waals surface area contributed by atoms with E-state index in [4.69, 9.17) is 9.84 Å². The Balaban J connectivity index is 4.55. The van der Waals surface area contributed by atoms with Crippen molar-refractivity contribution in [2.45, 2.75) is 38.8 Å². The van der Waals surface area contributed by atoms with E-state index in [1.54, 1.807) is 20.8 Å². The first kappa shape index (κ1) is 15.2. The normalized spacial score (nSPS) is 14.9. The highest BCUT2D eigenvalue weighted by Crippen LogP contribution is 2.11. The highest BCUT2D eigenvalue weighted by molar-refractivity contribution is 9.06. The van der Waals surface area contributed by atoms with Crippen LogP contribution >= 0.6 is 16.3 Å². The lowest BCUT2D eigenvalue weighted by Crippen LogP contribution is -2.56. The van der Waals surface area contributed by atoms with Crippen molar-refractivity contribution in [3.05, 3.63) is 0 Å². The highest BCUT2D eigenvalue weighted by Gasteiger charge is 2.37. The van der Waals surface area contributed by atoms with E-state index in [0.717, 1.165) is 0 Å². The van der Waals surface area contributed by atoms with Crippen LogP contribution in [-0.4, -0.2) is 34.9 Å². The molecule has 0 bridgehead atoms. The van der Waals surface area contributed by atoms with Crippen molar-refractivity contribution in [1.82, 2.24) is 5.32 Å². The van der Waals surface area contributed by atoms with Crippen LogP contribution in [0.3, 0.4) is 0 Å². The second-order valence-electron chi connectivity index (χ2n) is 4.48. The van der Waals surface area contributed by atoms with Gasteiger partial charge >= 0.3 is 12.1 Å². The van der Waals surface area contributed by atoms with Crippen LogP contribution in [0.15, 0.2) is 0 Å². The summed E-state index contributed by atoms with van der Waals surface area (Å²) >= 11 is 2.49. The smallest absolute Gasteiger partial charge is 0.408 e. The van der Waals surface area contributed by atoms with Gasteiger partial charge in [0, 0.05) is 0 Å². The topological polar surface area (TPSA) is 84.9 Å². The number of rotatable bonds is 3. The van der Waals surface area contributed by atoms with Gasteiger partial charge in [-0.2, -0.15) is 0 Å². The molecule has 0 spiro atoms. The number of ether oxygens (including phenoxy) is 1. The lowest BCUT2D eigenvalue weighted by molar-refractivity contribution is -0.140. The number of hydrogen-bond donors (Lipinski definition) is 2. The van der Waals surface area contributed by atoms with Crippen LogP contribution in [-0.2, 0) is 13.4 Å². The molecule has 0 aliphatic rings. The van der Waals surface area contributed by atoms with Crippen LogP contribution in [0.2, 0.25) is 0 Å². The van der Waals surface area contributed by atoms with Crippen LogP contribution in [0.4, 0.5) is 4.79 Å². The third kappa shape index (κ3) is 4.80. The summed E-state index contributed by atoms with van der Waals surface area (Å²) in [5.41, 5.74) is -2.22. The summed E-state index contributed by atoms with van der Waals surface area (Å²) in [6.07, 6.45) is -0.804. The maximum absolute atomic E-state index is 11.4. The SMILES string of the molecule is CC(C)(C)OC(=O)N[C@](C)(CO)C(=O)OBr. The van der Waals surface area contributed by atoms with E-state index < -0.39 is 29.8 Å². The average molecular weight is 298 g/mol. The van der Waals surface area contributed by atoms with Crippen LogP contribution < -0.4 is 5.32 Å². The molecular formula is C9H16BrNO5. The molecule has 0 heterocycles. The average Bonchev–Trinajstić information content (AvgIpc) is 2.13. The molecule has 1 amide bonds. The first-order valence-electron chi connectivity index (χ1n) is 4.59. The van der Waals surface area contributed by atoms with Gasteiger partial charge < -0.3 is 19.0 Å². The minimum atomic E-state index is -1.54. The number of halogens is 1. The van der Waals surface area contributed by atoms with Gasteiger partial charge in [-0.05, 0) is 27.7 Å². The van der Waals surface area contributed by atoms with Gasteiger partial charge in [0.1, 0.15) is 5.60 Å². The predicted octanol–water partition coefficient (Wildman–Crippen LogP) is 1.12. The van der Waals surface area contributed by atoms with Gasteiger partial charge in [0.25, 0.3) is 0 Å². The Bertz CT molecular complexity index is 276. The van der Waals surface area contributed by atoms with Crippen molar-refractivity contribution in [3.63, 3.8) is 0 Å². The van der Waals surface area contributed by atoms with Crippen LogP contribution in [0.5, 0.6) is 0 Å². The quantitative estimate of drug-likeness (QED) is 0.815. The van der Waals surface area contributed by atoms with Crippen molar-refractivity contribution in [2.24, 2.45) is 0 Å². The second-order valence-corrected chi connectivity index (χ2v) is 4.81. The summed E-state index contributed by atoms with van der Waals surface area (Å²) in [5.74, 6) is -0.819. The maximum Gasteiger partial charge on any atom is 0.408 e. The third-order valence-electron chi connectivity index (χ3n) is 1.61. The Morgan fingerprint density at radius 3 is 2.12 bits per heavy atom. The molecule has 1 atom stereocenters. The van der Waals surface area contributed by atoms with Crippen molar-refractivity contribution in [3.8, 4) is 0 Å². The van der Waals surface area contributed by atoms with Crippen molar-refractivity contribution < 1.29 is 23.3 Å². The van der Waals surface area contributed by atoms with E-state index in [-0.39, 0.29) is 0 Å². The summed E-state index contributed by atoms with van der Waals surface area (Å²) < 4.78 is 9.23. The van der Waals surface area contributed by atoms with E-state index in [9.17, 15) is 9.59 Å². The van der Waals surface area contributed by atoms with Crippen molar-refractivity contribution >= 4 is 28.3 Å². The van der Waals surface area contributed by atoms with Crippen LogP contribution in [0, 0.1) is 0 Å². The lowest BCUT2D eigenvalue weighted by Gasteiger charge is -2.27. The molecule has 0 aromatic carbocycles. The molecule has 0 aromatic rings. The van der Waals surface area contributed by atoms with E-state index >= 15 is 0 Å². The zero-order valence-electron chi connectivity index (χ0n) is 9.67. The number of carbonyl (C=O) groups is 2. The fourth-order valence-corrected chi connectivity index (χ4v) is 1.13. The van der Waals surface area contributed by atoms with E-state index in [1.165, 1.54) is 6.92 Å². The molecule has 6 nitrogen and oxygen atoms in total. The molecule has 0 aromatic heterocycles. The minimum absolute atomic E-state index is 0.601. The zero-order chi connectivity index (χ0) is 13.0. The highest BCUT2D eigenvalue weighted by atomic mass is 79.9. The van der Waals surface area contributed by atoms with Crippen molar-refractivity contribution in [1.29, 1.82) is 0 Å². The molecule has 0 aliphatic carbocycles. The fourth-order valence-electron chi connectivity index (χ4n) is 0.769. The number of alkyl carbamates (subject to hydrolysis) is 1. The Labute approximate surface area is 103 Å². The molecular weight excluding hydrogens is 282 g/mol. The largest absolute Gasteiger partial charge is 0.444 e. The second kappa shape index (κ2) is 5.49. The van der Waals surface area contributed by atoms with Crippen LogP contribution in [0.1, 0.15) is 27.7 Å². The van der Waals surface area contributed by atoms with Gasteiger partial charge in [0.2, 0.25) is 0 Å². The summed E-state index contributed by atoms with van der Waals surface area (Å²) in [7, 11) is 0. The fraction of sp³-hybridized carbons (Fsp3) is 0.778. The maximum atomic E-state index is 11.4. The first-order valence-corrected chi connectivity index (χ1v) is 5.24. The van der Waals surface area contributed by atoms with Gasteiger partial charge in [-0.15, -0.1) is 0 Å². The molecule has 0 saturated carbocycles. The third-order valence-corrected chi connectivity index (χ3v) is 1.91. The number of aliphatic hydroxyl groups is 1. The molecule has 0 saturated heterocycles. The summed E-state index contributed by atoms with van der Waals surface area (Å²) in [6.45, 7) is 5.78. The van der Waals surface area contributed by atoms with Crippen LogP contribution in [0.25, 0.3) is 0 Å². The summed E-state index contributed by atoms with van der Waals surface area (Å²) in [4.78, 5) is 22.7. The zero-order valence-corrected chi connectivity index (χ0v) is 11.3. The van der Waals surface area contributed by atoms with Crippen molar-refractivity contribution in [2.75, 3.05) is 6.61 Å². The van der Waals surface area contributed by atoms with Gasteiger partial charge in [-0.3, -0.25) is 0 Å². The summed E-state index contributed by atoms with van der Waals surface area (Å²) in [6, 6.07) is 0. The standard InChI is InChI=1S/C9H16BrNO5/c1-8(2,3)15-7(14)11-9(4,5-12)6(13)16-10/h12H,5H2,1-4H3,(H,11,14)/t9-/m1/s1. The molecule has 2 N–H and O–H groups in total. The summed E-state index contributed by atoms with van der Waals surface area (Å²) in [5, 5.41) is 11.3. The molecule has 0 unspecified atom stereocenters. The molecule has 0 fully saturated rings. The molecule has 94 valence electrons. The lowest BCUT2D eigenvalue weighted by atomic mass is 10.1. The number of hydrogen-bond acceptors (Lipinski definition) is 5. The Hall–Kier alpha value is -0.820. The van der Waals surface area contributed by atoms with Gasteiger partial charge in [0.05, 0.1) is 6.61 Å². The Morgan fingerprint density at radius 2 is 1.81 bits per heavy atom. The van der Waals surface area contributed by atoms with E-state index in [1.807, 2.05) is 0 Å². The monoisotopic (exact) mass is 297 g/mol. The number of nitrogens with one attached hydrogen (secondary N) is 1. The molecule has 0 aliphatic heterocycles. The van der Waals surface area contributed by atoms with Gasteiger partial charge in [0.15, 0.2) is 21.8 Å². The van der Waals surface area contributed by atoms with E-state index in [2.05, 4.69) is 25.4 Å². The number of carbonyl (C=O) groups excluding carboxylic acids is 2. The predicted molar refractivity (Wildman–Crippen MR) is 59.9 cm³/mol. The number of amides is 1. The van der Waals surface area contributed by atoms with E-state index in [0.29, 0.717) is 0 Å². The molecule has 0 radical (unpaired) electrons. The van der Waals surface area contributed by atoms with Gasteiger partial charge in [-0.1, -0.05) is 0 Å². The molecule has 7 heteroatoms. The first-order chi connectivity index (χ1) is 7.14. The van der Waals surface area contributed by atoms with Gasteiger partial charge in [-0.25, -0.2) is 9.59 Å². The minimum Gasteiger partial charge on any atom is -0.444 e.